The molecule has 3 nitrogen and oxygen atoms in total. The smallest absolute Gasteiger partial charge is 0.0730 e. The molecule has 2 atom stereocenters. The first-order valence-corrected chi connectivity index (χ1v) is 8.50. The van der Waals surface area contributed by atoms with Crippen LogP contribution in [0.15, 0.2) is 0 Å². The minimum absolute atomic E-state index is 0.548. The number of nitrogens with one attached hydrogen (secondary N) is 1. The van der Waals surface area contributed by atoms with Crippen molar-refractivity contribution in [2.75, 3.05) is 32.8 Å². The van der Waals surface area contributed by atoms with Crippen molar-refractivity contribution in [3.8, 4) is 0 Å². The Morgan fingerprint density at radius 3 is 2.79 bits per heavy atom. The molecule has 19 heavy (non-hydrogen) atoms. The largest absolute Gasteiger partial charge is 0.375 e. The van der Waals surface area contributed by atoms with E-state index in [0.29, 0.717) is 6.10 Å². The van der Waals surface area contributed by atoms with Gasteiger partial charge in [0.2, 0.25) is 0 Å². The fourth-order valence-corrected chi connectivity index (χ4v) is 4.20. The maximum atomic E-state index is 5.87. The second-order valence-corrected chi connectivity index (χ2v) is 6.65. The summed E-state index contributed by atoms with van der Waals surface area (Å²) >= 11 is 0. The van der Waals surface area contributed by atoms with Crippen molar-refractivity contribution in [1.29, 1.82) is 0 Å². The van der Waals surface area contributed by atoms with Crippen molar-refractivity contribution in [1.82, 2.24) is 10.2 Å². The minimum Gasteiger partial charge on any atom is -0.375 e. The van der Waals surface area contributed by atoms with Crippen LogP contribution >= 0.6 is 0 Å². The summed E-state index contributed by atoms with van der Waals surface area (Å²) in [5.41, 5.74) is 0. The van der Waals surface area contributed by atoms with E-state index >= 15 is 0 Å². The minimum atomic E-state index is 0.548. The first-order chi connectivity index (χ1) is 9.43. The van der Waals surface area contributed by atoms with E-state index in [1.54, 1.807) is 0 Å². The topological polar surface area (TPSA) is 24.5 Å². The van der Waals surface area contributed by atoms with E-state index in [0.717, 1.165) is 25.1 Å². The number of morpholine rings is 1. The maximum Gasteiger partial charge on any atom is 0.0730 e. The quantitative estimate of drug-likeness (QED) is 0.773. The lowest BCUT2D eigenvalue weighted by molar-refractivity contribution is -0.0549. The third-order valence-electron chi connectivity index (χ3n) is 5.33. The molecule has 0 bridgehead atoms. The Labute approximate surface area is 118 Å². The lowest BCUT2D eigenvalue weighted by atomic mass is 9.89. The molecule has 0 spiro atoms. The first kappa shape index (κ1) is 13.8. The van der Waals surface area contributed by atoms with E-state index in [1.807, 2.05) is 0 Å². The van der Waals surface area contributed by atoms with Crippen LogP contribution in [0.3, 0.4) is 0 Å². The fraction of sp³-hybridized carbons (Fsp3) is 1.00. The highest BCUT2D eigenvalue weighted by Gasteiger charge is 2.35. The Kier molecular flexibility index (Phi) is 5.14. The predicted octanol–water partition coefficient (Wildman–Crippen LogP) is 2.41. The van der Waals surface area contributed by atoms with Crippen LogP contribution in [-0.4, -0.2) is 49.8 Å². The summed E-state index contributed by atoms with van der Waals surface area (Å²) in [6.07, 6.45) is 11.8. The molecule has 2 aliphatic carbocycles. The summed E-state index contributed by atoms with van der Waals surface area (Å²) in [5, 5.41) is 3.70. The van der Waals surface area contributed by atoms with Gasteiger partial charge in [-0.3, -0.25) is 4.90 Å². The van der Waals surface area contributed by atoms with Gasteiger partial charge in [-0.05, 0) is 44.6 Å². The number of fused-ring (bicyclic) bond motifs is 1. The molecule has 1 aliphatic heterocycles. The first-order valence-electron chi connectivity index (χ1n) is 8.50. The lowest BCUT2D eigenvalue weighted by Gasteiger charge is -2.37. The van der Waals surface area contributed by atoms with Crippen molar-refractivity contribution in [3.63, 3.8) is 0 Å². The van der Waals surface area contributed by atoms with Crippen LogP contribution < -0.4 is 5.32 Å². The zero-order valence-electron chi connectivity index (χ0n) is 12.3. The van der Waals surface area contributed by atoms with Crippen LogP contribution in [0.2, 0.25) is 0 Å². The highest BCUT2D eigenvalue weighted by molar-refractivity contribution is 4.89. The number of hydrogen-bond acceptors (Lipinski definition) is 3. The standard InChI is InChI=1S/C16H30N2O/c1-2-5-14(6-3-1)13-17-9-10-18-11-12-19-16-8-4-7-15(16)18/h14-17H,1-13H2. The zero-order valence-corrected chi connectivity index (χ0v) is 12.3. The summed E-state index contributed by atoms with van der Waals surface area (Å²) in [5.74, 6) is 0.956. The van der Waals surface area contributed by atoms with Gasteiger partial charge in [0.1, 0.15) is 0 Å². The lowest BCUT2D eigenvalue weighted by Crippen LogP contribution is -2.50. The van der Waals surface area contributed by atoms with Crippen molar-refractivity contribution < 1.29 is 4.74 Å². The van der Waals surface area contributed by atoms with Gasteiger partial charge in [-0.15, -0.1) is 0 Å². The van der Waals surface area contributed by atoms with Crippen LogP contribution in [0.1, 0.15) is 51.4 Å². The van der Waals surface area contributed by atoms with Crippen LogP contribution in [-0.2, 0) is 4.74 Å². The van der Waals surface area contributed by atoms with Crippen molar-refractivity contribution in [2.24, 2.45) is 5.92 Å². The Morgan fingerprint density at radius 2 is 1.89 bits per heavy atom. The van der Waals surface area contributed by atoms with E-state index in [1.165, 1.54) is 71.0 Å². The second kappa shape index (κ2) is 7.05. The summed E-state index contributed by atoms with van der Waals surface area (Å²) in [6.45, 7) is 5.73. The van der Waals surface area contributed by atoms with Gasteiger partial charge in [-0.25, -0.2) is 0 Å². The van der Waals surface area contributed by atoms with Gasteiger partial charge in [-0.2, -0.15) is 0 Å². The van der Waals surface area contributed by atoms with Gasteiger partial charge in [0.05, 0.1) is 12.7 Å². The molecule has 1 heterocycles. The molecule has 3 aliphatic rings. The van der Waals surface area contributed by atoms with E-state index in [9.17, 15) is 0 Å². The predicted molar refractivity (Wildman–Crippen MR) is 78.4 cm³/mol. The summed E-state index contributed by atoms with van der Waals surface area (Å²) in [7, 11) is 0. The molecule has 3 fully saturated rings. The molecular weight excluding hydrogens is 236 g/mol. The highest BCUT2D eigenvalue weighted by Crippen LogP contribution is 2.29. The highest BCUT2D eigenvalue weighted by atomic mass is 16.5. The number of rotatable bonds is 5. The number of ether oxygens (including phenoxy) is 1. The third-order valence-corrected chi connectivity index (χ3v) is 5.33. The molecule has 1 saturated heterocycles. The molecule has 0 aromatic heterocycles. The Morgan fingerprint density at radius 1 is 1.00 bits per heavy atom. The van der Waals surface area contributed by atoms with Crippen LogP contribution in [0.25, 0.3) is 0 Å². The molecule has 3 heteroatoms. The van der Waals surface area contributed by atoms with Crippen LogP contribution in [0.4, 0.5) is 0 Å². The monoisotopic (exact) mass is 266 g/mol. The summed E-state index contributed by atoms with van der Waals surface area (Å²) in [6, 6.07) is 0.727. The maximum absolute atomic E-state index is 5.87. The van der Waals surface area contributed by atoms with Crippen LogP contribution in [0.5, 0.6) is 0 Å². The third kappa shape index (κ3) is 3.71. The SMILES string of the molecule is C1CCC(CNCCN2CCOC3CCCC32)CC1. The van der Waals surface area contributed by atoms with Crippen molar-refractivity contribution in [3.05, 3.63) is 0 Å². The zero-order chi connectivity index (χ0) is 12.9. The number of hydrogen-bond donors (Lipinski definition) is 1. The van der Waals surface area contributed by atoms with Crippen molar-refractivity contribution in [2.45, 2.75) is 63.5 Å². The van der Waals surface area contributed by atoms with Gasteiger partial charge in [0, 0.05) is 25.7 Å². The molecule has 0 aromatic carbocycles. The molecule has 110 valence electrons. The Hall–Kier alpha value is -0.120. The number of nitrogens with zero attached hydrogens (tertiary/aromatic N) is 1. The molecule has 3 rings (SSSR count). The van der Waals surface area contributed by atoms with Gasteiger partial charge in [0.15, 0.2) is 0 Å². The fourth-order valence-electron chi connectivity index (χ4n) is 4.20. The van der Waals surface area contributed by atoms with E-state index in [2.05, 4.69) is 10.2 Å². The molecule has 0 amide bonds. The normalized spacial score (nSPS) is 33.5. The second-order valence-electron chi connectivity index (χ2n) is 6.65. The molecule has 2 unspecified atom stereocenters. The van der Waals surface area contributed by atoms with Gasteiger partial charge >= 0.3 is 0 Å². The molecular formula is C16H30N2O. The van der Waals surface area contributed by atoms with Gasteiger partial charge < -0.3 is 10.1 Å². The molecule has 2 saturated carbocycles. The van der Waals surface area contributed by atoms with E-state index < -0.39 is 0 Å². The summed E-state index contributed by atoms with van der Waals surface area (Å²) < 4.78 is 5.87. The Bertz CT molecular complexity index is 265. The summed E-state index contributed by atoms with van der Waals surface area (Å²) in [4.78, 5) is 2.68. The van der Waals surface area contributed by atoms with Gasteiger partial charge in [-0.1, -0.05) is 19.3 Å². The van der Waals surface area contributed by atoms with Crippen molar-refractivity contribution >= 4 is 0 Å². The van der Waals surface area contributed by atoms with E-state index in [4.69, 9.17) is 4.74 Å². The van der Waals surface area contributed by atoms with E-state index in [-0.39, 0.29) is 0 Å². The molecule has 0 aromatic rings. The molecule has 1 N–H and O–H groups in total. The molecule has 0 radical (unpaired) electrons. The van der Waals surface area contributed by atoms with Crippen LogP contribution in [0, 0.1) is 5.92 Å². The van der Waals surface area contributed by atoms with Gasteiger partial charge in [0.25, 0.3) is 0 Å². The average Bonchev–Trinajstić information content (AvgIpc) is 2.94. The average molecular weight is 266 g/mol. The Balaban J connectivity index is 1.33.